The van der Waals surface area contributed by atoms with E-state index in [-0.39, 0.29) is 11.7 Å². The molecule has 2 aromatic rings. The van der Waals surface area contributed by atoms with E-state index in [2.05, 4.69) is 9.97 Å². The number of ketones is 1. The first-order valence-corrected chi connectivity index (χ1v) is 9.58. The van der Waals surface area contributed by atoms with Crippen LogP contribution in [0.5, 0.6) is 0 Å². The van der Waals surface area contributed by atoms with Crippen LogP contribution in [0.4, 0.5) is 5.82 Å². The highest BCUT2D eigenvalue weighted by molar-refractivity contribution is 6.02. The van der Waals surface area contributed by atoms with E-state index in [9.17, 15) is 14.4 Å². The normalized spacial score (nSPS) is 17.2. The minimum absolute atomic E-state index is 0.0970. The fourth-order valence-electron chi connectivity index (χ4n) is 3.96. The van der Waals surface area contributed by atoms with Crippen molar-refractivity contribution in [2.24, 2.45) is 5.73 Å². The van der Waals surface area contributed by atoms with Crippen LogP contribution in [0.3, 0.4) is 0 Å². The number of H-pyrrole nitrogens is 1. The number of primary amides is 1. The molecular weight excluding hydrogens is 358 g/mol. The summed E-state index contributed by atoms with van der Waals surface area (Å²) in [4.78, 5) is 48.0. The molecule has 1 aliphatic heterocycles. The van der Waals surface area contributed by atoms with Crippen molar-refractivity contribution < 1.29 is 14.4 Å². The van der Waals surface area contributed by atoms with Crippen LogP contribution in [0.2, 0.25) is 0 Å². The van der Waals surface area contributed by atoms with Crippen molar-refractivity contribution in [3.8, 4) is 0 Å². The van der Waals surface area contributed by atoms with Gasteiger partial charge in [-0.3, -0.25) is 14.4 Å². The maximum absolute atomic E-state index is 13.0. The van der Waals surface area contributed by atoms with E-state index in [1.54, 1.807) is 29.3 Å². The smallest absolute Gasteiger partial charge is 0.270 e. The number of hydrogen-bond acceptors (Lipinski definition) is 5. The minimum Gasteiger partial charge on any atom is -0.365 e. The number of aromatic amines is 1. The average molecular weight is 381 g/mol. The maximum Gasteiger partial charge on any atom is 0.270 e. The average Bonchev–Trinajstić information content (AvgIpc) is 2.99. The van der Waals surface area contributed by atoms with E-state index in [1.165, 1.54) is 0 Å². The van der Waals surface area contributed by atoms with E-state index < -0.39 is 5.91 Å². The molecule has 0 unspecified atom stereocenters. The van der Waals surface area contributed by atoms with Crippen molar-refractivity contribution in [2.75, 3.05) is 31.1 Å². The van der Waals surface area contributed by atoms with Gasteiger partial charge in [0, 0.05) is 50.1 Å². The summed E-state index contributed by atoms with van der Waals surface area (Å²) in [6, 6.07) is 5.05. The number of Topliss-reactive ketones (excluding diaryl/α,β-unsaturated/α-hetero) is 1. The van der Waals surface area contributed by atoms with Crippen molar-refractivity contribution in [3.63, 3.8) is 0 Å². The summed E-state index contributed by atoms with van der Waals surface area (Å²) in [5, 5.41) is 0. The monoisotopic (exact) mass is 381 g/mol. The third-order valence-corrected chi connectivity index (χ3v) is 5.40. The van der Waals surface area contributed by atoms with Gasteiger partial charge in [-0.1, -0.05) is 0 Å². The molecule has 1 saturated heterocycles. The van der Waals surface area contributed by atoms with Crippen molar-refractivity contribution in [1.82, 2.24) is 14.9 Å². The summed E-state index contributed by atoms with van der Waals surface area (Å²) < 4.78 is 0. The zero-order valence-electron chi connectivity index (χ0n) is 15.6. The predicted octanol–water partition coefficient (Wildman–Crippen LogP) is 1.38. The SMILES string of the molecule is NC(=O)c1cccnc1N1CCCN(C(=O)c2cc3c([nH]2)CCCC3=O)CC1. The number of nitrogens with one attached hydrogen (secondary N) is 1. The second-order valence-electron chi connectivity index (χ2n) is 7.22. The largest absolute Gasteiger partial charge is 0.365 e. The molecule has 28 heavy (non-hydrogen) atoms. The van der Waals surface area contributed by atoms with Gasteiger partial charge >= 0.3 is 0 Å². The number of pyridine rings is 1. The third-order valence-electron chi connectivity index (χ3n) is 5.40. The second-order valence-corrected chi connectivity index (χ2v) is 7.22. The Morgan fingerprint density at radius 3 is 2.75 bits per heavy atom. The Labute approximate surface area is 162 Å². The van der Waals surface area contributed by atoms with Gasteiger partial charge in [-0.05, 0) is 37.5 Å². The summed E-state index contributed by atoms with van der Waals surface area (Å²) in [5.74, 6) is 0.0556. The lowest BCUT2D eigenvalue weighted by atomic mass is 9.97. The standard InChI is InChI=1S/C20H23N5O3/c21-18(27)13-4-2-7-22-19(13)24-8-3-9-25(11-10-24)20(28)16-12-14-15(23-16)5-1-6-17(14)26/h2,4,7,12,23H,1,3,5-6,8-11H2,(H2,21,27). The van der Waals surface area contributed by atoms with Crippen LogP contribution in [-0.4, -0.2) is 58.6 Å². The molecule has 0 radical (unpaired) electrons. The van der Waals surface area contributed by atoms with Gasteiger partial charge in [0.05, 0.1) is 5.56 Å². The highest BCUT2D eigenvalue weighted by atomic mass is 16.2. The molecule has 8 heteroatoms. The lowest BCUT2D eigenvalue weighted by Crippen LogP contribution is -2.36. The Bertz CT molecular complexity index is 936. The van der Waals surface area contributed by atoms with E-state index in [0.29, 0.717) is 55.2 Å². The summed E-state index contributed by atoms with van der Waals surface area (Å²) in [6.07, 6.45) is 4.56. The molecule has 2 aromatic heterocycles. The molecule has 3 N–H and O–H groups in total. The quantitative estimate of drug-likeness (QED) is 0.834. The van der Waals surface area contributed by atoms with Gasteiger partial charge in [0.15, 0.2) is 5.78 Å². The van der Waals surface area contributed by atoms with Gasteiger partial charge in [0.2, 0.25) is 0 Å². The van der Waals surface area contributed by atoms with Gasteiger partial charge < -0.3 is 20.5 Å². The van der Waals surface area contributed by atoms with Crippen molar-refractivity contribution in [1.29, 1.82) is 0 Å². The first-order chi connectivity index (χ1) is 13.5. The summed E-state index contributed by atoms with van der Waals surface area (Å²) in [7, 11) is 0. The number of nitrogens with two attached hydrogens (primary N) is 1. The van der Waals surface area contributed by atoms with Crippen LogP contribution >= 0.6 is 0 Å². The number of amides is 2. The number of aryl methyl sites for hydroxylation is 1. The Balaban J connectivity index is 1.50. The fourth-order valence-corrected chi connectivity index (χ4v) is 3.96. The number of anilines is 1. The molecule has 1 aliphatic carbocycles. The molecule has 4 rings (SSSR count). The summed E-state index contributed by atoms with van der Waals surface area (Å²) in [6.45, 7) is 2.35. The number of hydrogen-bond donors (Lipinski definition) is 2. The van der Waals surface area contributed by atoms with Crippen LogP contribution in [0.15, 0.2) is 24.4 Å². The third kappa shape index (κ3) is 3.37. The molecule has 2 aliphatic rings. The zero-order valence-corrected chi connectivity index (χ0v) is 15.6. The molecule has 146 valence electrons. The Morgan fingerprint density at radius 1 is 1.11 bits per heavy atom. The Morgan fingerprint density at radius 2 is 1.96 bits per heavy atom. The van der Waals surface area contributed by atoms with Gasteiger partial charge in [0.25, 0.3) is 11.8 Å². The highest BCUT2D eigenvalue weighted by Gasteiger charge is 2.27. The van der Waals surface area contributed by atoms with Gasteiger partial charge in [-0.25, -0.2) is 4.98 Å². The predicted molar refractivity (Wildman–Crippen MR) is 104 cm³/mol. The number of nitrogens with zero attached hydrogens (tertiary/aromatic N) is 3. The lowest BCUT2D eigenvalue weighted by Gasteiger charge is -2.24. The summed E-state index contributed by atoms with van der Waals surface area (Å²) >= 11 is 0. The molecule has 8 nitrogen and oxygen atoms in total. The van der Waals surface area contributed by atoms with Crippen LogP contribution in [0, 0.1) is 0 Å². The fraction of sp³-hybridized carbons (Fsp3) is 0.400. The first kappa shape index (κ1) is 18.2. The lowest BCUT2D eigenvalue weighted by molar-refractivity contribution is 0.0761. The van der Waals surface area contributed by atoms with E-state index in [0.717, 1.165) is 25.0 Å². The van der Waals surface area contributed by atoms with Crippen LogP contribution in [0.1, 0.15) is 56.2 Å². The maximum atomic E-state index is 13.0. The van der Waals surface area contributed by atoms with E-state index in [4.69, 9.17) is 5.73 Å². The van der Waals surface area contributed by atoms with Crippen molar-refractivity contribution in [2.45, 2.75) is 25.7 Å². The molecule has 0 aromatic carbocycles. The van der Waals surface area contributed by atoms with E-state index >= 15 is 0 Å². The van der Waals surface area contributed by atoms with Crippen molar-refractivity contribution >= 4 is 23.4 Å². The number of carbonyl (C=O) groups excluding carboxylic acids is 3. The van der Waals surface area contributed by atoms with Crippen LogP contribution < -0.4 is 10.6 Å². The number of rotatable bonds is 3. The second kappa shape index (κ2) is 7.46. The molecule has 2 amide bonds. The molecule has 0 saturated carbocycles. The van der Waals surface area contributed by atoms with Crippen LogP contribution in [0.25, 0.3) is 0 Å². The molecule has 1 fully saturated rings. The molecular formula is C20H23N5O3. The van der Waals surface area contributed by atoms with Gasteiger partial charge in [-0.15, -0.1) is 0 Å². The molecule has 0 bridgehead atoms. The molecule has 0 spiro atoms. The topological polar surface area (TPSA) is 112 Å². The molecule has 0 atom stereocenters. The van der Waals surface area contributed by atoms with E-state index in [1.807, 2.05) is 4.90 Å². The minimum atomic E-state index is -0.512. The van der Waals surface area contributed by atoms with Crippen LogP contribution in [-0.2, 0) is 6.42 Å². The zero-order chi connectivity index (χ0) is 19.7. The molecule has 3 heterocycles. The van der Waals surface area contributed by atoms with Crippen molar-refractivity contribution in [3.05, 3.63) is 46.9 Å². The first-order valence-electron chi connectivity index (χ1n) is 9.58. The van der Waals surface area contributed by atoms with Gasteiger partial charge in [-0.2, -0.15) is 0 Å². The van der Waals surface area contributed by atoms with Gasteiger partial charge in [0.1, 0.15) is 11.5 Å². The Kier molecular flexibility index (Phi) is 4.85. The number of aromatic nitrogens is 2. The summed E-state index contributed by atoms with van der Waals surface area (Å²) in [5.41, 5.74) is 7.86. The number of carbonyl (C=O) groups is 3. The number of fused-ring (bicyclic) bond motifs is 1. The highest BCUT2D eigenvalue weighted by Crippen LogP contribution is 2.23. The Hall–Kier alpha value is -3.16.